The third kappa shape index (κ3) is 1.73. The van der Waals surface area contributed by atoms with Gasteiger partial charge in [0.2, 0.25) is 0 Å². The number of methoxy groups -OCH3 is 1. The molecule has 3 nitrogen and oxygen atoms in total. The van der Waals surface area contributed by atoms with Crippen LogP contribution >= 0.6 is 10.7 Å². The zero-order chi connectivity index (χ0) is 8.43. The summed E-state index contributed by atoms with van der Waals surface area (Å²) in [5.74, 6) is -0.534. The van der Waals surface area contributed by atoms with E-state index in [1.807, 2.05) is 0 Å². The third-order valence-electron chi connectivity index (χ3n) is 1.95. The monoisotopic (exact) mass is 196 g/mol. The van der Waals surface area contributed by atoms with Gasteiger partial charge in [0.25, 0.3) is 0 Å². The normalized spacial score (nSPS) is 32.2. The topological polar surface area (TPSA) is 43.4 Å². The van der Waals surface area contributed by atoms with Gasteiger partial charge >= 0.3 is 5.97 Å². The molecule has 1 fully saturated rings. The highest BCUT2D eigenvalue weighted by Crippen LogP contribution is 2.33. The van der Waals surface area contributed by atoms with Gasteiger partial charge in [-0.2, -0.15) is 0 Å². The molecule has 1 saturated carbocycles. The molecule has 0 aromatic rings. The van der Waals surface area contributed by atoms with E-state index in [2.05, 4.69) is 4.74 Å². The van der Waals surface area contributed by atoms with Crippen LogP contribution in [0.2, 0.25) is 0 Å². The third-order valence-corrected chi connectivity index (χ3v) is 3.68. The first-order valence-corrected chi connectivity index (χ1v) is 5.35. The summed E-state index contributed by atoms with van der Waals surface area (Å²) in [6.45, 7) is 0. The SMILES string of the molecule is COC(=O)[C@H]1CC[C@H]1S(=O)Cl. The molecule has 0 radical (unpaired) electrons. The number of esters is 1. The van der Waals surface area contributed by atoms with Crippen LogP contribution in [-0.4, -0.2) is 22.5 Å². The first-order chi connectivity index (χ1) is 5.16. The molecular weight excluding hydrogens is 188 g/mol. The maximum atomic E-state index is 10.9. The average Bonchev–Trinajstić information content (AvgIpc) is 1.83. The van der Waals surface area contributed by atoms with Gasteiger partial charge < -0.3 is 4.74 Å². The lowest BCUT2D eigenvalue weighted by Gasteiger charge is -2.30. The molecule has 5 heteroatoms. The molecule has 0 aliphatic heterocycles. The highest BCUT2D eigenvalue weighted by atomic mass is 35.7. The predicted molar refractivity (Wildman–Crippen MR) is 42.5 cm³/mol. The summed E-state index contributed by atoms with van der Waals surface area (Å²) in [4.78, 5) is 10.9. The van der Waals surface area contributed by atoms with E-state index >= 15 is 0 Å². The Morgan fingerprint density at radius 3 is 2.55 bits per heavy atom. The number of ether oxygens (including phenoxy) is 1. The number of hydrogen-bond acceptors (Lipinski definition) is 3. The van der Waals surface area contributed by atoms with Crippen molar-refractivity contribution in [3.63, 3.8) is 0 Å². The molecule has 1 unspecified atom stereocenters. The van der Waals surface area contributed by atoms with Crippen molar-refractivity contribution in [1.82, 2.24) is 0 Å². The van der Waals surface area contributed by atoms with E-state index in [1.165, 1.54) is 7.11 Å². The van der Waals surface area contributed by atoms with Gasteiger partial charge in [-0.3, -0.25) is 4.79 Å². The van der Waals surface area contributed by atoms with E-state index in [0.29, 0.717) is 0 Å². The molecule has 11 heavy (non-hydrogen) atoms. The molecule has 1 aliphatic carbocycles. The van der Waals surface area contributed by atoms with Gasteiger partial charge in [0.1, 0.15) is 10.0 Å². The van der Waals surface area contributed by atoms with Crippen LogP contribution < -0.4 is 0 Å². The predicted octanol–water partition coefficient (Wildman–Crippen LogP) is 0.840. The molecule has 0 heterocycles. The van der Waals surface area contributed by atoms with Crippen LogP contribution in [0, 0.1) is 5.92 Å². The van der Waals surface area contributed by atoms with Crippen LogP contribution in [-0.2, 0) is 19.5 Å². The van der Waals surface area contributed by atoms with Crippen LogP contribution in [0.3, 0.4) is 0 Å². The Bertz CT molecular complexity index is 194. The maximum Gasteiger partial charge on any atom is 0.309 e. The number of carbonyl (C=O) groups is 1. The summed E-state index contributed by atoms with van der Waals surface area (Å²) < 4.78 is 15.2. The minimum atomic E-state index is -1.40. The Labute approximate surface area is 72.0 Å². The fourth-order valence-electron chi connectivity index (χ4n) is 1.11. The summed E-state index contributed by atoms with van der Waals surface area (Å²) in [5.41, 5.74) is 0. The highest BCUT2D eigenvalue weighted by molar-refractivity contribution is 8.08. The summed E-state index contributed by atoms with van der Waals surface area (Å²) in [6, 6.07) is 0. The van der Waals surface area contributed by atoms with Crippen LogP contribution in [0.5, 0.6) is 0 Å². The number of hydrogen-bond donors (Lipinski definition) is 0. The average molecular weight is 197 g/mol. The second-order valence-corrected chi connectivity index (χ2v) is 4.51. The molecule has 0 aromatic heterocycles. The minimum Gasteiger partial charge on any atom is -0.469 e. The van der Waals surface area contributed by atoms with E-state index in [9.17, 15) is 9.00 Å². The van der Waals surface area contributed by atoms with E-state index in [0.717, 1.165) is 12.8 Å². The van der Waals surface area contributed by atoms with Crippen molar-refractivity contribution in [3.05, 3.63) is 0 Å². The molecule has 3 atom stereocenters. The summed E-state index contributed by atoms with van der Waals surface area (Å²) >= 11 is 0. The van der Waals surface area contributed by atoms with Gasteiger partial charge in [0.05, 0.1) is 18.3 Å². The van der Waals surface area contributed by atoms with Gasteiger partial charge in [-0.15, -0.1) is 0 Å². The van der Waals surface area contributed by atoms with Crippen molar-refractivity contribution >= 4 is 26.7 Å². The van der Waals surface area contributed by atoms with Crippen molar-refractivity contribution < 1.29 is 13.7 Å². The van der Waals surface area contributed by atoms with Crippen molar-refractivity contribution in [2.75, 3.05) is 7.11 Å². The van der Waals surface area contributed by atoms with Crippen molar-refractivity contribution in [3.8, 4) is 0 Å². The molecule has 64 valence electrons. The molecule has 0 aromatic carbocycles. The van der Waals surface area contributed by atoms with Crippen molar-refractivity contribution in [2.24, 2.45) is 5.92 Å². The van der Waals surface area contributed by atoms with Crippen LogP contribution in [0.25, 0.3) is 0 Å². The van der Waals surface area contributed by atoms with Crippen LogP contribution in [0.1, 0.15) is 12.8 Å². The molecular formula is C6H9ClO3S. The number of rotatable bonds is 2. The molecule has 1 aliphatic rings. The first-order valence-electron chi connectivity index (χ1n) is 3.31. The summed E-state index contributed by atoms with van der Waals surface area (Å²) in [5, 5.41) is -0.191. The smallest absolute Gasteiger partial charge is 0.309 e. The van der Waals surface area contributed by atoms with Crippen molar-refractivity contribution in [2.45, 2.75) is 18.1 Å². The van der Waals surface area contributed by atoms with Gasteiger partial charge in [-0.25, -0.2) is 4.21 Å². The Hall–Kier alpha value is -0.0900. The molecule has 0 bridgehead atoms. The molecule has 0 N–H and O–H groups in total. The van der Waals surface area contributed by atoms with Crippen molar-refractivity contribution in [1.29, 1.82) is 0 Å². The number of carbonyl (C=O) groups excluding carboxylic acids is 1. The van der Waals surface area contributed by atoms with Gasteiger partial charge in [0, 0.05) is 0 Å². The molecule has 0 spiro atoms. The van der Waals surface area contributed by atoms with E-state index < -0.39 is 10.0 Å². The minimum absolute atomic E-state index is 0.191. The number of halogens is 1. The zero-order valence-electron chi connectivity index (χ0n) is 6.08. The molecule has 0 amide bonds. The zero-order valence-corrected chi connectivity index (χ0v) is 7.65. The van der Waals surface area contributed by atoms with Gasteiger partial charge in [-0.1, -0.05) is 0 Å². The summed E-state index contributed by atoms with van der Waals surface area (Å²) in [6.07, 6.45) is 1.51. The quantitative estimate of drug-likeness (QED) is 0.486. The van der Waals surface area contributed by atoms with Crippen LogP contribution in [0.4, 0.5) is 0 Å². The second-order valence-electron chi connectivity index (χ2n) is 2.49. The Kier molecular flexibility index (Phi) is 2.90. The fraction of sp³-hybridized carbons (Fsp3) is 0.833. The largest absolute Gasteiger partial charge is 0.469 e. The summed E-state index contributed by atoms with van der Waals surface area (Å²) in [7, 11) is 5.26. The van der Waals surface area contributed by atoms with Crippen LogP contribution in [0.15, 0.2) is 0 Å². The van der Waals surface area contributed by atoms with E-state index in [-0.39, 0.29) is 17.1 Å². The standard InChI is InChI=1S/C6H9ClO3S/c1-10-6(8)4-2-3-5(4)11(7)9/h4-5H,2-3H2,1H3/t4-,5+,11?/m0/s1. The first kappa shape index (κ1) is 9.00. The van der Waals surface area contributed by atoms with E-state index in [4.69, 9.17) is 10.7 Å². The van der Waals surface area contributed by atoms with E-state index in [1.54, 1.807) is 0 Å². The second kappa shape index (κ2) is 3.54. The highest BCUT2D eigenvalue weighted by Gasteiger charge is 2.40. The molecule has 0 saturated heterocycles. The maximum absolute atomic E-state index is 10.9. The Morgan fingerprint density at radius 2 is 2.27 bits per heavy atom. The lowest BCUT2D eigenvalue weighted by atomic mass is 9.85. The Morgan fingerprint density at radius 1 is 1.64 bits per heavy atom. The van der Waals surface area contributed by atoms with Gasteiger partial charge in [-0.05, 0) is 23.5 Å². The lowest BCUT2D eigenvalue weighted by Crippen LogP contribution is -2.39. The molecule has 1 rings (SSSR count). The lowest BCUT2D eigenvalue weighted by molar-refractivity contribution is -0.147. The van der Waals surface area contributed by atoms with Gasteiger partial charge in [0.15, 0.2) is 0 Å². The Balaban J connectivity index is 2.49. The fourth-order valence-corrected chi connectivity index (χ4v) is 2.58.